The molecule has 0 bridgehead atoms. The van der Waals surface area contributed by atoms with E-state index >= 15 is 0 Å². The summed E-state index contributed by atoms with van der Waals surface area (Å²) in [5.41, 5.74) is 5.77. The molecule has 0 spiro atoms. The summed E-state index contributed by atoms with van der Waals surface area (Å²) in [5.74, 6) is 1.42. The van der Waals surface area contributed by atoms with Crippen molar-refractivity contribution >= 4 is 23.4 Å². The van der Waals surface area contributed by atoms with Crippen molar-refractivity contribution in [1.82, 2.24) is 15.3 Å². The van der Waals surface area contributed by atoms with Gasteiger partial charge in [0.05, 0.1) is 0 Å². The molecule has 0 unspecified atom stereocenters. The lowest BCUT2D eigenvalue weighted by molar-refractivity contribution is 0.249. The fourth-order valence-electron chi connectivity index (χ4n) is 1.41. The summed E-state index contributed by atoms with van der Waals surface area (Å²) in [5, 5.41) is 6.05. The molecule has 0 saturated heterocycles. The highest BCUT2D eigenvalue weighted by Crippen LogP contribution is 2.19. The molecule has 0 saturated carbocycles. The average molecular weight is 272 g/mol. The predicted molar refractivity (Wildman–Crippen MR) is 71.8 cm³/mol. The van der Waals surface area contributed by atoms with Gasteiger partial charge in [0.2, 0.25) is 0 Å². The van der Waals surface area contributed by atoms with Gasteiger partial charge in [-0.1, -0.05) is 18.5 Å². The zero-order valence-corrected chi connectivity index (χ0v) is 11.3. The van der Waals surface area contributed by atoms with Crippen LogP contribution in [0.15, 0.2) is 0 Å². The minimum absolute atomic E-state index is 0.430. The maximum absolute atomic E-state index is 10.5. The van der Waals surface area contributed by atoms with E-state index in [0.29, 0.717) is 24.1 Å². The van der Waals surface area contributed by atoms with Crippen molar-refractivity contribution in [2.45, 2.75) is 26.7 Å². The summed E-state index contributed by atoms with van der Waals surface area (Å²) in [6.45, 7) is 4.87. The number of nitrogens with zero attached hydrogens (tertiary/aromatic N) is 2. The van der Waals surface area contributed by atoms with Crippen LogP contribution in [0.25, 0.3) is 0 Å². The first kappa shape index (κ1) is 14.5. The van der Waals surface area contributed by atoms with E-state index in [2.05, 4.69) is 27.5 Å². The minimum Gasteiger partial charge on any atom is -0.368 e. The van der Waals surface area contributed by atoms with Gasteiger partial charge >= 0.3 is 6.03 Å². The summed E-state index contributed by atoms with van der Waals surface area (Å²) in [4.78, 5) is 19.1. The van der Waals surface area contributed by atoms with Gasteiger partial charge in [-0.25, -0.2) is 14.8 Å². The van der Waals surface area contributed by atoms with Crippen molar-refractivity contribution in [3.05, 3.63) is 16.5 Å². The number of aromatic nitrogens is 2. The summed E-state index contributed by atoms with van der Waals surface area (Å²) >= 11 is 6.04. The molecule has 1 aromatic rings. The first-order valence-corrected chi connectivity index (χ1v) is 6.22. The number of aryl methyl sites for hydroxylation is 1. The molecule has 1 aromatic heterocycles. The van der Waals surface area contributed by atoms with Crippen LogP contribution in [-0.4, -0.2) is 29.1 Å². The molecule has 0 aliphatic heterocycles. The van der Waals surface area contributed by atoms with E-state index in [1.54, 1.807) is 0 Å². The third-order valence-corrected chi connectivity index (χ3v) is 2.69. The third-order valence-electron chi connectivity index (χ3n) is 2.32. The number of carbonyl (C=O) groups excluding carboxylic acids is 1. The summed E-state index contributed by atoms with van der Waals surface area (Å²) in [6.07, 6.45) is 1.75. The van der Waals surface area contributed by atoms with Gasteiger partial charge in [-0.05, 0) is 13.3 Å². The van der Waals surface area contributed by atoms with Gasteiger partial charge in [0, 0.05) is 25.1 Å². The second kappa shape index (κ2) is 7.00. The largest absolute Gasteiger partial charge is 0.368 e. The Kier molecular flexibility index (Phi) is 5.64. The quantitative estimate of drug-likeness (QED) is 0.540. The second-order valence-corrected chi connectivity index (χ2v) is 4.23. The van der Waals surface area contributed by atoms with Crippen LogP contribution in [0.5, 0.6) is 0 Å². The van der Waals surface area contributed by atoms with Gasteiger partial charge in [-0.3, -0.25) is 0 Å². The van der Waals surface area contributed by atoms with Crippen LogP contribution >= 0.6 is 11.6 Å². The normalized spacial score (nSPS) is 10.2. The van der Waals surface area contributed by atoms with Crippen LogP contribution in [0.3, 0.4) is 0 Å². The fraction of sp³-hybridized carbons (Fsp3) is 0.545. The molecule has 18 heavy (non-hydrogen) atoms. The van der Waals surface area contributed by atoms with Gasteiger partial charge in [-0.15, -0.1) is 0 Å². The molecule has 0 atom stereocenters. The Hall–Kier alpha value is -1.56. The first-order chi connectivity index (χ1) is 8.54. The molecule has 0 aliphatic carbocycles. The number of amides is 2. The zero-order valence-electron chi connectivity index (χ0n) is 10.6. The number of hydrogen-bond donors (Lipinski definition) is 3. The van der Waals surface area contributed by atoms with Gasteiger partial charge in [0.1, 0.15) is 16.8 Å². The maximum atomic E-state index is 10.5. The van der Waals surface area contributed by atoms with E-state index in [9.17, 15) is 4.79 Å². The van der Waals surface area contributed by atoms with E-state index in [-0.39, 0.29) is 0 Å². The molecular weight excluding hydrogens is 254 g/mol. The number of urea groups is 1. The molecule has 0 radical (unpaired) electrons. The SMILES string of the molecule is CCCc1nc(Cl)c(C)c(NCCNC(N)=O)n1. The number of nitrogens with one attached hydrogen (secondary N) is 2. The van der Waals surface area contributed by atoms with E-state index < -0.39 is 6.03 Å². The Balaban J connectivity index is 2.65. The number of carbonyl (C=O) groups is 1. The van der Waals surface area contributed by atoms with Crippen molar-refractivity contribution in [2.24, 2.45) is 5.73 Å². The third kappa shape index (κ3) is 4.37. The van der Waals surface area contributed by atoms with Gasteiger partial charge in [0.15, 0.2) is 0 Å². The van der Waals surface area contributed by atoms with Crippen LogP contribution in [0.2, 0.25) is 5.15 Å². The average Bonchev–Trinajstić information content (AvgIpc) is 2.30. The molecule has 1 rings (SSSR count). The molecule has 1 heterocycles. The predicted octanol–water partition coefficient (Wildman–Crippen LogP) is 1.47. The molecule has 0 aromatic carbocycles. The van der Waals surface area contributed by atoms with Gasteiger partial charge in [0.25, 0.3) is 0 Å². The summed E-state index contributed by atoms with van der Waals surface area (Å²) in [6, 6.07) is -0.541. The van der Waals surface area contributed by atoms with Crippen LogP contribution < -0.4 is 16.4 Å². The fourth-order valence-corrected chi connectivity index (χ4v) is 1.59. The van der Waals surface area contributed by atoms with Crippen molar-refractivity contribution in [3.8, 4) is 0 Å². The molecule has 0 fully saturated rings. The number of rotatable bonds is 6. The lowest BCUT2D eigenvalue weighted by Gasteiger charge is -2.11. The molecule has 4 N–H and O–H groups in total. The number of hydrogen-bond acceptors (Lipinski definition) is 4. The van der Waals surface area contributed by atoms with E-state index in [1.807, 2.05) is 6.92 Å². The highest BCUT2D eigenvalue weighted by molar-refractivity contribution is 6.30. The molecule has 6 nitrogen and oxygen atoms in total. The first-order valence-electron chi connectivity index (χ1n) is 5.84. The Morgan fingerprint density at radius 2 is 2.11 bits per heavy atom. The van der Waals surface area contributed by atoms with E-state index in [4.69, 9.17) is 17.3 Å². The van der Waals surface area contributed by atoms with Crippen LogP contribution in [0.4, 0.5) is 10.6 Å². The summed E-state index contributed by atoms with van der Waals surface area (Å²) in [7, 11) is 0. The number of primary amides is 1. The van der Waals surface area contributed by atoms with E-state index in [1.165, 1.54) is 0 Å². The Morgan fingerprint density at radius 3 is 2.72 bits per heavy atom. The Labute approximate surface area is 111 Å². The smallest absolute Gasteiger partial charge is 0.312 e. The maximum Gasteiger partial charge on any atom is 0.312 e. The van der Waals surface area contributed by atoms with Crippen molar-refractivity contribution in [3.63, 3.8) is 0 Å². The molecule has 2 amide bonds. The van der Waals surface area contributed by atoms with Crippen LogP contribution in [0, 0.1) is 6.92 Å². The minimum atomic E-state index is -0.541. The molecular formula is C11H18ClN5O. The zero-order chi connectivity index (χ0) is 13.5. The lowest BCUT2D eigenvalue weighted by atomic mass is 10.3. The molecule has 100 valence electrons. The van der Waals surface area contributed by atoms with Gasteiger partial charge < -0.3 is 16.4 Å². The number of anilines is 1. The molecule has 7 heteroatoms. The Bertz CT molecular complexity index is 424. The monoisotopic (exact) mass is 271 g/mol. The van der Waals surface area contributed by atoms with E-state index in [0.717, 1.165) is 24.2 Å². The van der Waals surface area contributed by atoms with Crippen LogP contribution in [0.1, 0.15) is 24.7 Å². The topological polar surface area (TPSA) is 92.9 Å². The summed E-state index contributed by atoms with van der Waals surface area (Å²) < 4.78 is 0. The Morgan fingerprint density at radius 1 is 1.39 bits per heavy atom. The molecule has 0 aliphatic rings. The standard InChI is InChI=1S/C11H18ClN5O/c1-3-4-8-16-9(12)7(2)10(17-8)14-5-6-15-11(13)18/h3-6H2,1-2H3,(H3,13,15,18)(H,14,16,17). The van der Waals surface area contributed by atoms with Crippen LogP contribution in [-0.2, 0) is 6.42 Å². The lowest BCUT2D eigenvalue weighted by Crippen LogP contribution is -2.33. The van der Waals surface area contributed by atoms with Crippen molar-refractivity contribution in [1.29, 1.82) is 0 Å². The van der Waals surface area contributed by atoms with Gasteiger partial charge in [-0.2, -0.15) is 0 Å². The number of nitrogens with two attached hydrogens (primary N) is 1. The highest BCUT2D eigenvalue weighted by Gasteiger charge is 2.08. The highest BCUT2D eigenvalue weighted by atomic mass is 35.5. The van der Waals surface area contributed by atoms with Crippen molar-refractivity contribution < 1.29 is 4.79 Å². The number of halogens is 1. The second-order valence-electron chi connectivity index (χ2n) is 3.87. The van der Waals surface area contributed by atoms with Crippen molar-refractivity contribution in [2.75, 3.05) is 18.4 Å².